The number of carbonyl (C=O) groups is 2. The van der Waals surface area contributed by atoms with E-state index >= 15 is 0 Å². The number of fused-ring (bicyclic) bond motifs is 2. The molecule has 4 N–H and O–H groups in total. The van der Waals surface area contributed by atoms with Crippen LogP contribution in [-0.2, 0) is 20.9 Å². The zero-order chi connectivity index (χ0) is 21.1. The van der Waals surface area contributed by atoms with Gasteiger partial charge in [-0.05, 0) is 24.6 Å². The van der Waals surface area contributed by atoms with Gasteiger partial charge in [-0.25, -0.2) is 9.59 Å². The number of nitrogens with zero attached hydrogens (tertiary/aromatic N) is 2. The Morgan fingerprint density at radius 1 is 1.32 bits per heavy atom. The summed E-state index contributed by atoms with van der Waals surface area (Å²) in [6, 6.07) is 0.0852. The first-order valence-electron chi connectivity index (χ1n) is 8.72. The molecule has 0 saturated carbocycles. The summed E-state index contributed by atoms with van der Waals surface area (Å²) in [6.45, 7) is 7.16. The van der Waals surface area contributed by atoms with E-state index in [1.807, 2.05) is 17.8 Å². The smallest absolute Gasteiger partial charge is 0.328 e. The summed E-state index contributed by atoms with van der Waals surface area (Å²) in [5.74, 6) is -1.59. The number of methoxy groups -OCH3 is 1. The van der Waals surface area contributed by atoms with Crippen molar-refractivity contribution in [2.75, 3.05) is 7.11 Å². The first-order valence-corrected chi connectivity index (χ1v) is 8.72. The van der Waals surface area contributed by atoms with Gasteiger partial charge in [-0.1, -0.05) is 19.9 Å². The molecule has 2 aliphatic rings. The fraction of sp³-hybridized carbons (Fsp3) is 0.350. The van der Waals surface area contributed by atoms with Crippen molar-refractivity contribution in [1.82, 2.24) is 9.78 Å². The van der Waals surface area contributed by atoms with Crippen LogP contribution in [0.3, 0.4) is 0 Å². The van der Waals surface area contributed by atoms with Gasteiger partial charge in [0.2, 0.25) is 0 Å². The van der Waals surface area contributed by atoms with Gasteiger partial charge in [0, 0.05) is 34.4 Å². The van der Waals surface area contributed by atoms with E-state index in [-0.39, 0.29) is 11.5 Å². The molecule has 8 heteroatoms. The molecule has 1 aromatic heterocycles. The second kappa shape index (κ2) is 8.26. The van der Waals surface area contributed by atoms with Crippen LogP contribution in [0.25, 0.3) is 11.6 Å². The number of allylic oxidation sites excluding steroid dienone is 3. The van der Waals surface area contributed by atoms with E-state index in [0.717, 1.165) is 17.7 Å². The standard InChI is InChI=1S/C16H21N3O.C4H4O4/c1-10(17)9-19-13-7-11-14(20-4)5-6-16(2,3)15(11)12(13)8-18-19;5-3(6)1-2-4(7)8/h5-8,10H,9,17H2,1-4H3;1-2H,(H,5,6)(H,7,8). The lowest BCUT2D eigenvalue weighted by molar-refractivity contribution is -0.134. The highest BCUT2D eigenvalue weighted by atomic mass is 16.5. The van der Waals surface area contributed by atoms with Crippen molar-refractivity contribution in [3.63, 3.8) is 0 Å². The maximum atomic E-state index is 9.55. The number of ether oxygens (including phenoxy) is 1. The van der Waals surface area contributed by atoms with Gasteiger partial charge < -0.3 is 20.7 Å². The molecule has 0 spiro atoms. The zero-order valence-corrected chi connectivity index (χ0v) is 16.3. The average Bonchev–Trinajstić information content (AvgIpc) is 3.14. The van der Waals surface area contributed by atoms with Crippen LogP contribution in [0.15, 0.2) is 41.8 Å². The molecular weight excluding hydrogens is 362 g/mol. The molecule has 0 fully saturated rings. The number of aromatic nitrogens is 2. The average molecular weight is 387 g/mol. The van der Waals surface area contributed by atoms with Crippen molar-refractivity contribution in [3.05, 3.63) is 52.4 Å². The Kier molecular flexibility index (Phi) is 6.25. The number of hydrogen-bond donors (Lipinski definition) is 3. The van der Waals surface area contributed by atoms with Gasteiger partial charge in [-0.3, -0.25) is 4.68 Å². The van der Waals surface area contributed by atoms with Crippen LogP contribution >= 0.6 is 0 Å². The third kappa shape index (κ3) is 4.58. The normalized spacial score (nSPS) is 17.4. The molecule has 0 saturated heterocycles. The monoisotopic (exact) mass is 387 g/mol. The molecule has 0 bridgehead atoms. The minimum absolute atomic E-state index is 0.0126. The van der Waals surface area contributed by atoms with E-state index in [2.05, 4.69) is 37.2 Å². The maximum Gasteiger partial charge on any atom is 0.328 e. The van der Waals surface area contributed by atoms with Crippen molar-refractivity contribution in [3.8, 4) is 0 Å². The number of hydrogen-bond acceptors (Lipinski definition) is 5. The van der Waals surface area contributed by atoms with Gasteiger partial charge in [-0.2, -0.15) is 5.10 Å². The highest BCUT2D eigenvalue weighted by molar-refractivity contribution is 5.89. The quantitative estimate of drug-likeness (QED) is 0.623. The Morgan fingerprint density at radius 2 is 1.93 bits per heavy atom. The predicted octanol–water partition coefficient (Wildman–Crippen LogP) is 0.383. The van der Waals surface area contributed by atoms with Gasteiger partial charge >= 0.3 is 11.9 Å². The number of carboxylic acid groups (broad SMARTS) is 2. The molecule has 3 rings (SSSR count). The zero-order valence-electron chi connectivity index (χ0n) is 16.3. The van der Waals surface area contributed by atoms with Crippen molar-refractivity contribution < 1.29 is 24.5 Å². The summed E-state index contributed by atoms with van der Waals surface area (Å²) < 4.78 is 7.49. The summed E-state index contributed by atoms with van der Waals surface area (Å²) in [5, 5.41) is 22.4. The Morgan fingerprint density at radius 3 is 2.43 bits per heavy atom. The van der Waals surface area contributed by atoms with E-state index in [4.69, 9.17) is 20.7 Å². The molecule has 0 aliphatic heterocycles. The van der Waals surface area contributed by atoms with E-state index in [1.165, 1.54) is 16.4 Å². The molecule has 1 heterocycles. The van der Waals surface area contributed by atoms with Crippen LogP contribution in [0, 0.1) is 5.41 Å². The first-order chi connectivity index (χ1) is 13.1. The lowest BCUT2D eigenvalue weighted by Crippen LogP contribution is -2.34. The van der Waals surface area contributed by atoms with Gasteiger partial charge in [0.1, 0.15) is 5.76 Å². The molecule has 2 aliphatic carbocycles. The minimum Gasteiger partial charge on any atom is -0.496 e. The summed E-state index contributed by atoms with van der Waals surface area (Å²) in [6.07, 6.45) is 9.49. The second-order valence-corrected chi connectivity index (χ2v) is 7.17. The first kappa shape index (κ1) is 21.2. The predicted molar refractivity (Wildman–Crippen MR) is 104 cm³/mol. The molecule has 8 nitrogen and oxygen atoms in total. The third-order valence-corrected chi connectivity index (χ3v) is 4.31. The number of nitrogens with two attached hydrogens (primary N) is 1. The van der Waals surface area contributed by atoms with Crippen LogP contribution in [0.1, 0.15) is 20.8 Å². The minimum atomic E-state index is -1.26. The van der Waals surface area contributed by atoms with Crippen LogP contribution in [0.2, 0.25) is 0 Å². The molecule has 0 radical (unpaired) electrons. The molecular formula is C20H25N3O5. The van der Waals surface area contributed by atoms with Crippen LogP contribution in [0.5, 0.6) is 0 Å². The Hall–Kier alpha value is -3.13. The lowest BCUT2D eigenvalue weighted by Gasteiger charge is -2.28. The van der Waals surface area contributed by atoms with E-state index in [9.17, 15) is 9.59 Å². The molecule has 0 amide bonds. The summed E-state index contributed by atoms with van der Waals surface area (Å²) in [7, 11) is 1.72. The fourth-order valence-electron chi connectivity index (χ4n) is 3.18. The van der Waals surface area contributed by atoms with Gasteiger partial charge in [0.25, 0.3) is 0 Å². The van der Waals surface area contributed by atoms with Crippen LogP contribution in [0.4, 0.5) is 0 Å². The van der Waals surface area contributed by atoms with Gasteiger partial charge in [0.15, 0.2) is 0 Å². The summed E-state index contributed by atoms with van der Waals surface area (Å²) in [4.78, 5) is 19.1. The Bertz CT molecular complexity index is 978. The van der Waals surface area contributed by atoms with Gasteiger partial charge in [-0.15, -0.1) is 0 Å². The van der Waals surface area contributed by atoms with Crippen molar-refractivity contribution >= 4 is 23.6 Å². The van der Waals surface area contributed by atoms with Crippen molar-refractivity contribution in [2.24, 2.45) is 11.1 Å². The molecule has 0 aromatic carbocycles. The number of carboxylic acids is 2. The Balaban J connectivity index is 0.000000300. The van der Waals surface area contributed by atoms with E-state index in [1.54, 1.807) is 7.11 Å². The van der Waals surface area contributed by atoms with Crippen molar-refractivity contribution in [1.29, 1.82) is 0 Å². The maximum absolute atomic E-state index is 9.55. The lowest BCUT2D eigenvalue weighted by atomic mass is 9.77. The molecule has 150 valence electrons. The largest absolute Gasteiger partial charge is 0.496 e. The van der Waals surface area contributed by atoms with E-state index in [0.29, 0.717) is 12.2 Å². The number of rotatable bonds is 5. The highest BCUT2D eigenvalue weighted by Gasteiger charge is 2.32. The Labute approximate surface area is 162 Å². The molecule has 1 aromatic rings. The fourth-order valence-corrected chi connectivity index (χ4v) is 3.18. The van der Waals surface area contributed by atoms with Crippen LogP contribution in [-0.4, -0.2) is 45.1 Å². The molecule has 28 heavy (non-hydrogen) atoms. The number of aliphatic carboxylic acids is 2. The molecule has 1 atom stereocenters. The SMILES string of the molecule is COC1=C2C=c3c(cnn3CC(C)N)=C2C(C)(C)C=C1.O=C(O)C=CC(=O)O. The molecule has 1 unspecified atom stereocenters. The summed E-state index contributed by atoms with van der Waals surface area (Å²) in [5.41, 5.74) is 8.35. The highest BCUT2D eigenvalue weighted by Crippen LogP contribution is 2.41. The summed E-state index contributed by atoms with van der Waals surface area (Å²) >= 11 is 0. The van der Waals surface area contributed by atoms with E-state index < -0.39 is 11.9 Å². The second-order valence-electron chi connectivity index (χ2n) is 7.17. The van der Waals surface area contributed by atoms with Gasteiger partial charge in [0.05, 0.1) is 25.2 Å². The topological polar surface area (TPSA) is 128 Å². The van der Waals surface area contributed by atoms with Crippen molar-refractivity contribution in [2.45, 2.75) is 33.4 Å². The van der Waals surface area contributed by atoms with Crippen LogP contribution < -0.4 is 16.3 Å². The third-order valence-electron chi connectivity index (χ3n) is 4.31.